The van der Waals surface area contributed by atoms with Gasteiger partial charge >= 0.3 is 12.1 Å². The first kappa shape index (κ1) is 19.7. The van der Waals surface area contributed by atoms with Crippen LogP contribution in [0.15, 0.2) is 24.3 Å². The Kier molecular flexibility index (Phi) is 7.40. The van der Waals surface area contributed by atoms with Gasteiger partial charge in [-0.25, -0.2) is 9.59 Å². The van der Waals surface area contributed by atoms with Crippen molar-refractivity contribution in [2.45, 2.75) is 13.8 Å². The van der Waals surface area contributed by atoms with Gasteiger partial charge in [0.1, 0.15) is 0 Å². The third-order valence-corrected chi connectivity index (χ3v) is 3.95. The van der Waals surface area contributed by atoms with Crippen molar-refractivity contribution < 1.29 is 23.9 Å². The molecule has 0 spiro atoms. The molecule has 8 nitrogen and oxygen atoms in total. The lowest BCUT2D eigenvalue weighted by atomic mass is 10.2. The Balaban J connectivity index is 1.77. The van der Waals surface area contributed by atoms with E-state index in [9.17, 15) is 14.4 Å². The largest absolute Gasteiger partial charge is 0.462 e. The topological polar surface area (TPSA) is 88.2 Å². The normalized spacial score (nSPS) is 14.6. The number of carbonyl (C=O) groups excluding carboxylic acids is 3. The maximum Gasteiger partial charge on any atom is 0.409 e. The van der Waals surface area contributed by atoms with Crippen LogP contribution in [0.25, 0.3) is 0 Å². The highest BCUT2D eigenvalue weighted by atomic mass is 16.6. The standard InChI is InChI=1S/C18H25N3O5/c1-3-25-17(23)14-5-7-15(8-6-14)19-16(22)13-20-9-11-21(12-10-20)18(24)26-4-2/h5-8H,3-4,9-13H2,1-2H3,(H,19,22). The van der Waals surface area contributed by atoms with Gasteiger partial charge in [0.2, 0.25) is 5.91 Å². The number of benzene rings is 1. The van der Waals surface area contributed by atoms with E-state index in [1.807, 2.05) is 4.90 Å². The molecule has 142 valence electrons. The Labute approximate surface area is 153 Å². The highest BCUT2D eigenvalue weighted by molar-refractivity contribution is 5.94. The summed E-state index contributed by atoms with van der Waals surface area (Å²) in [7, 11) is 0. The van der Waals surface area contributed by atoms with Crippen LogP contribution < -0.4 is 5.32 Å². The van der Waals surface area contributed by atoms with Crippen molar-refractivity contribution in [3.63, 3.8) is 0 Å². The molecular weight excluding hydrogens is 338 g/mol. The van der Waals surface area contributed by atoms with E-state index in [0.29, 0.717) is 50.6 Å². The molecular formula is C18H25N3O5. The van der Waals surface area contributed by atoms with Crippen molar-refractivity contribution in [3.05, 3.63) is 29.8 Å². The Bertz CT molecular complexity index is 624. The second-order valence-electron chi connectivity index (χ2n) is 5.81. The summed E-state index contributed by atoms with van der Waals surface area (Å²) in [6.07, 6.45) is -0.307. The molecule has 1 aromatic carbocycles. The first-order valence-electron chi connectivity index (χ1n) is 8.74. The average Bonchev–Trinajstić information content (AvgIpc) is 2.63. The van der Waals surface area contributed by atoms with Crippen LogP contribution in [0.2, 0.25) is 0 Å². The highest BCUT2D eigenvalue weighted by Crippen LogP contribution is 2.11. The molecule has 0 radical (unpaired) electrons. The van der Waals surface area contributed by atoms with Crippen LogP contribution in [0.4, 0.5) is 10.5 Å². The van der Waals surface area contributed by atoms with Crippen molar-refractivity contribution >= 4 is 23.7 Å². The van der Waals surface area contributed by atoms with Crippen molar-refractivity contribution in [3.8, 4) is 0 Å². The van der Waals surface area contributed by atoms with Crippen LogP contribution in [-0.2, 0) is 14.3 Å². The average molecular weight is 363 g/mol. The number of nitrogens with zero attached hydrogens (tertiary/aromatic N) is 2. The second kappa shape index (κ2) is 9.76. The maximum atomic E-state index is 12.2. The lowest BCUT2D eigenvalue weighted by Crippen LogP contribution is -2.50. The Hall–Kier alpha value is -2.61. The fourth-order valence-electron chi connectivity index (χ4n) is 2.61. The summed E-state index contributed by atoms with van der Waals surface area (Å²) in [6.45, 7) is 6.77. The fraction of sp³-hybridized carbons (Fsp3) is 0.500. The molecule has 0 aromatic heterocycles. The Morgan fingerprint density at radius 3 is 2.15 bits per heavy atom. The maximum absolute atomic E-state index is 12.2. The second-order valence-corrected chi connectivity index (χ2v) is 5.81. The van der Waals surface area contributed by atoms with Gasteiger partial charge in [-0.2, -0.15) is 0 Å². The minimum atomic E-state index is -0.384. The predicted molar refractivity (Wildman–Crippen MR) is 96.1 cm³/mol. The molecule has 1 N–H and O–H groups in total. The molecule has 1 aliphatic rings. The third kappa shape index (κ3) is 5.73. The van der Waals surface area contributed by atoms with E-state index in [4.69, 9.17) is 9.47 Å². The minimum absolute atomic E-state index is 0.140. The Morgan fingerprint density at radius 1 is 0.962 bits per heavy atom. The predicted octanol–water partition coefficient (Wildman–Crippen LogP) is 1.58. The molecule has 0 bridgehead atoms. The summed E-state index contributed by atoms with van der Waals surface area (Å²) >= 11 is 0. The first-order valence-corrected chi connectivity index (χ1v) is 8.74. The van der Waals surface area contributed by atoms with Crippen LogP contribution >= 0.6 is 0 Å². The van der Waals surface area contributed by atoms with Gasteiger partial charge in [0.25, 0.3) is 0 Å². The van der Waals surface area contributed by atoms with Crippen LogP contribution in [0.3, 0.4) is 0 Å². The van der Waals surface area contributed by atoms with Crippen LogP contribution in [-0.4, -0.2) is 73.7 Å². The molecule has 1 aliphatic heterocycles. The number of anilines is 1. The molecule has 0 aliphatic carbocycles. The van der Waals surface area contributed by atoms with E-state index in [-0.39, 0.29) is 24.5 Å². The van der Waals surface area contributed by atoms with Gasteiger partial charge in [-0.05, 0) is 38.1 Å². The lowest BCUT2D eigenvalue weighted by Gasteiger charge is -2.33. The fourth-order valence-corrected chi connectivity index (χ4v) is 2.61. The van der Waals surface area contributed by atoms with Gasteiger partial charge in [-0.1, -0.05) is 0 Å². The van der Waals surface area contributed by atoms with E-state index in [1.54, 1.807) is 43.0 Å². The molecule has 1 heterocycles. The number of piperazine rings is 1. The first-order chi connectivity index (χ1) is 12.5. The van der Waals surface area contributed by atoms with Gasteiger partial charge in [0, 0.05) is 31.9 Å². The smallest absolute Gasteiger partial charge is 0.409 e. The number of hydrogen-bond acceptors (Lipinski definition) is 6. The van der Waals surface area contributed by atoms with E-state index < -0.39 is 0 Å². The summed E-state index contributed by atoms with van der Waals surface area (Å²) in [6, 6.07) is 6.57. The van der Waals surface area contributed by atoms with Crippen molar-refractivity contribution in [2.24, 2.45) is 0 Å². The summed E-state index contributed by atoms with van der Waals surface area (Å²) in [5.41, 5.74) is 1.06. The summed E-state index contributed by atoms with van der Waals surface area (Å²) < 4.78 is 9.89. The van der Waals surface area contributed by atoms with Crippen molar-refractivity contribution in [1.82, 2.24) is 9.80 Å². The van der Waals surface area contributed by atoms with Crippen LogP contribution in [0, 0.1) is 0 Å². The molecule has 0 unspecified atom stereocenters. The summed E-state index contributed by atoms with van der Waals surface area (Å²) in [5.74, 6) is -0.525. The van der Waals surface area contributed by atoms with Gasteiger partial charge in [-0.15, -0.1) is 0 Å². The zero-order valence-corrected chi connectivity index (χ0v) is 15.2. The monoisotopic (exact) mass is 363 g/mol. The number of carbonyl (C=O) groups is 3. The van der Waals surface area contributed by atoms with Crippen molar-refractivity contribution in [2.75, 3.05) is 51.3 Å². The zero-order valence-electron chi connectivity index (χ0n) is 15.2. The van der Waals surface area contributed by atoms with Gasteiger partial charge in [-0.3, -0.25) is 9.69 Å². The number of ether oxygens (including phenoxy) is 2. The van der Waals surface area contributed by atoms with Gasteiger partial charge < -0.3 is 19.7 Å². The van der Waals surface area contributed by atoms with Crippen LogP contribution in [0.5, 0.6) is 0 Å². The van der Waals surface area contributed by atoms with E-state index in [2.05, 4.69) is 5.32 Å². The molecule has 1 aromatic rings. The molecule has 1 fully saturated rings. The molecule has 1 saturated heterocycles. The molecule has 0 atom stereocenters. The number of esters is 1. The van der Waals surface area contributed by atoms with Gasteiger partial charge in [0.15, 0.2) is 0 Å². The molecule has 2 rings (SSSR count). The van der Waals surface area contributed by atoms with E-state index >= 15 is 0 Å². The van der Waals surface area contributed by atoms with Crippen LogP contribution in [0.1, 0.15) is 24.2 Å². The molecule has 8 heteroatoms. The number of nitrogens with one attached hydrogen (secondary N) is 1. The van der Waals surface area contributed by atoms with E-state index in [1.165, 1.54) is 0 Å². The Morgan fingerprint density at radius 2 is 1.58 bits per heavy atom. The zero-order chi connectivity index (χ0) is 18.9. The molecule has 0 saturated carbocycles. The number of amides is 2. The summed E-state index contributed by atoms with van der Waals surface area (Å²) in [4.78, 5) is 39.1. The highest BCUT2D eigenvalue weighted by Gasteiger charge is 2.23. The molecule has 26 heavy (non-hydrogen) atoms. The van der Waals surface area contributed by atoms with Gasteiger partial charge in [0.05, 0.1) is 25.3 Å². The minimum Gasteiger partial charge on any atom is -0.462 e. The number of hydrogen-bond donors (Lipinski definition) is 1. The summed E-state index contributed by atoms with van der Waals surface area (Å²) in [5, 5.41) is 2.80. The molecule has 2 amide bonds. The number of rotatable bonds is 6. The SMILES string of the molecule is CCOC(=O)c1ccc(NC(=O)CN2CCN(C(=O)OCC)CC2)cc1. The lowest BCUT2D eigenvalue weighted by molar-refractivity contribution is -0.117. The quantitative estimate of drug-likeness (QED) is 0.772. The third-order valence-electron chi connectivity index (χ3n) is 3.95. The van der Waals surface area contributed by atoms with E-state index in [0.717, 1.165) is 0 Å². The van der Waals surface area contributed by atoms with Crippen molar-refractivity contribution in [1.29, 1.82) is 0 Å².